The van der Waals surface area contributed by atoms with Crippen molar-refractivity contribution >= 4 is 11.9 Å². The first-order valence-corrected chi connectivity index (χ1v) is 9.90. The highest BCUT2D eigenvalue weighted by molar-refractivity contribution is 5.73. The molecule has 1 aromatic rings. The van der Waals surface area contributed by atoms with E-state index in [0.29, 0.717) is 12.5 Å². The fraction of sp³-hybridized carbons (Fsp3) is 0.650. The number of halogens is 3. The van der Waals surface area contributed by atoms with Crippen LogP contribution in [-0.2, 0) is 20.7 Å². The molecular formula is C20H28F3N3O4. The maximum absolute atomic E-state index is 10.6. The Hall–Kier alpha value is -2.20. The fourth-order valence-electron chi connectivity index (χ4n) is 3.71. The minimum absolute atomic E-state index is 0.105. The number of nitrogens with zero attached hydrogens (tertiary/aromatic N) is 3. The second-order valence-electron chi connectivity index (χ2n) is 7.30. The molecule has 1 aromatic heterocycles. The van der Waals surface area contributed by atoms with Crippen LogP contribution in [0.15, 0.2) is 25.0 Å². The van der Waals surface area contributed by atoms with Gasteiger partial charge in [0.05, 0.1) is 32.0 Å². The molecule has 0 radical (unpaired) electrons. The van der Waals surface area contributed by atoms with Crippen LogP contribution >= 0.6 is 0 Å². The van der Waals surface area contributed by atoms with Crippen molar-refractivity contribution in [1.82, 2.24) is 9.97 Å². The maximum Gasteiger partial charge on any atom is 0.490 e. The molecule has 0 unspecified atom stereocenters. The third-order valence-corrected chi connectivity index (χ3v) is 5.29. The van der Waals surface area contributed by atoms with E-state index in [2.05, 4.69) is 28.4 Å². The number of aromatic nitrogens is 2. The lowest BCUT2D eigenvalue weighted by Crippen LogP contribution is -2.55. The lowest BCUT2D eigenvalue weighted by Gasteiger charge is -2.44. The number of carbonyl (C=O) groups is 1. The molecule has 1 spiro atoms. The van der Waals surface area contributed by atoms with Crippen LogP contribution in [-0.4, -0.2) is 65.7 Å². The Balaban J connectivity index is 0.000000396. The van der Waals surface area contributed by atoms with Crippen molar-refractivity contribution in [3.05, 3.63) is 30.6 Å². The molecule has 2 fully saturated rings. The topological polar surface area (TPSA) is 84.8 Å². The molecule has 2 atom stereocenters. The molecule has 1 aliphatic carbocycles. The van der Waals surface area contributed by atoms with E-state index in [-0.39, 0.29) is 5.60 Å². The van der Waals surface area contributed by atoms with Crippen LogP contribution in [0.4, 0.5) is 19.1 Å². The van der Waals surface area contributed by atoms with Crippen LogP contribution in [0.1, 0.15) is 31.7 Å². The Kier molecular flexibility index (Phi) is 8.60. The summed E-state index contributed by atoms with van der Waals surface area (Å²) in [6.07, 6.45) is 5.02. The van der Waals surface area contributed by atoms with Gasteiger partial charge < -0.3 is 19.5 Å². The second kappa shape index (κ2) is 10.7. The van der Waals surface area contributed by atoms with E-state index in [1.54, 1.807) is 6.08 Å². The summed E-state index contributed by atoms with van der Waals surface area (Å²) in [5, 5.41) is 7.12. The first kappa shape index (κ1) is 24.1. The Morgan fingerprint density at radius 1 is 1.47 bits per heavy atom. The molecule has 7 nitrogen and oxygen atoms in total. The Morgan fingerprint density at radius 3 is 2.70 bits per heavy atom. The van der Waals surface area contributed by atoms with E-state index < -0.39 is 12.1 Å². The summed E-state index contributed by atoms with van der Waals surface area (Å²) in [6.45, 7) is 9.64. The standard InChI is InChI=1S/C18H27N3O2.C2HF3O2/c1-3-9-22-13-16-6-5-7-18(16)14-21(8-10-23-18)17-19-11-15(4-2)12-20-17;3-2(4,5)1(6)7/h3,11-12,16H,1,4-10,13-14H2,2H3;(H,6,7)/t16-,18+;/m0./s1. The summed E-state index contributed by atoms with van der Waals surface area (Å²) in [5.74, 6) is -1.49. The molecule has 1 saturated carbocycles. The summed E-state index contributed by atoms with van der Waals surface area (Å²) >= 11 is 0. The van der Waals surface area contributed by atoms with Crippen molar-refractivity contribution in [3.8, 4) is 0 Å². The van der Waals surface area contributed by atoms with Crippen LogP contribution in [0.25, 0.3) is 0 Å². The maximum atomic E-state index is 10.6. The van der Waals surface area contributed by atoms with Gasteiger partial charge in [-0.1, -0.05) is 19.4 Å². The van der Waals surface area contributed by atoms with Gasteiger partial charge in [0, 0.05) is 24.9 Å². The first-order valence-electron chi connectivity index (χ1n) is 9.90. The number of alkyl halides is 3. The van der Waals surface area contributed by atoms with Gasteiger partial charge in [0.25, 0.3) is 0 Å². The lowest BCUT2D eigenvalue weighted by atomic mass is 9.89. The summed E-state index contributed by atoms with van der Waals surface area (Å²) in [5.41, 5.74) is 1.07. The van der Waals surface area contributed by atoms with Gasteiger partial charge in [0.1, 0.15) is 0 Å². The summed E-state index contributed by atoms with van der Waals surface area (Å²) in [4.78, 5) is 20.3. The average molecular weight is 431 g/mol. The van der Waals surface area contributed by atoms with E-state index in [0.717, 1.165) is 45.1 Å². The largest absolute Gasteiger partial charge is 0.490 e. The Morgan fingerprint density at radius 2 is 2.13 bits per heavy atom. The number of hydrogen-bond donors (Lipinski definition) is 1. The molecule has 2 aliphatic rings. The Bertz CT molecular complexity index is 700. The van der Waals surface area contributed by atoms with Gasteiger partial charge in [0.15, 0.2) is 0 Å². The number of aryl methyl sites for hydroxylation is 1. The van der Waals surface area contributed by atoms with E-state index in [4.69, 9.17) is 19.4 Å². The fourth-order valence-corrected chi connectivity index (χ4v) is 3.71. The molecule has 1 saturated heterocycles. The van der Waals surface area contributed by atoms with Crippen LogP contribution in [0.3, 0.4) is 0 Å². The number of ether oxygens (including phenoxy) is 2. The minimum atomic E-state index is -5.08. The molecule has 3 rings (SSSR count). The highest BCUT2D eigenvalue weighted by atomic mass is 19.4. The molecule has 0 aromatic carbocycles. The third kappa shape index (κ3) is 6.40. The van der Waals surface area contributed by atoms with Gasteiger partial charge in [-0.15, -0.1) is 6.58 Å². The molecular weight excluding hydrogens is 403 g/mol. The van der Waals surface area contributed by atoms with Gasteiger partial charge in [-0.2, -0.15) is 13.2 Å². The quantitative estimate of drug-likeness (QED) is 0.547. The number of rotatable bonds is 6. The zero-order chi connectivity index (χ0) is 22.2. The number of carboxylic acids is 1. The Labute approximate surface area is 173 Å². The lowest BCUT2D eigenvalue weighted by molar-refractivity contribution is -0.192. The van der Waals surface area contributed by atoms with Gasteiger partial charge >= 0.3 is 12.1 Å². The molecule has 1 aliphatic heterocycles. The zero-order valence-electron chi connectivity index (χ0n) is 17.0. The van der Waals surface area contributed by atoms with E-state index in [1.165, 1.54) is 18.4 Å². The second-order valence-corrected chi connectivity index (χ2v) is 7.30. The van der Waals surface area contributed by atoms with E-state index in [9.17, 15) is 13.2 Å². The number of carboxylic acid groups (broad SMARTS) is 1. The average Bonchev–Trinajstić information content (AvgIpc) is 3.09. The van der Waals surface area contributed by atoms with Gasteiger partial charge in [-0.3, -0.25) is 0 Å². The normalized spacial score (nSPS) is 23.7. The van der Waals surface area contributed by atoms with E-state index >= 15 is 0 Å². The van der Waals surface area contributed by atoms with E-state index in [1.807, 2.05) is 12.4 Å². The number of anilines is 1. The number of morpholine rings is 1. The first-order chi connectivity index (χ1) is 14.2. The monoisotopic (exact) mass is 431 g/mol. The van der Waals surface area contributed by atoms with Crippen molar-refractivity contribution in [2.75, 3.05) is 37.8 Å². The third-order valence-electron chi connectivity index (χ3n) is 5.29. The molecule has 1 N–H and O–H groups in total. The molecule has 0 bridgehead atoms. The SMILES string of the molecule is C=CCOC[C@@H]1CCC[C@@]12CN(c1ncc(CC)cn1)CCO2.O=C(O)C(F)(F)F. The van der Waals surface area contributed by atoms with Crippen LogP contribution in [0.5, 0.6) is 0 Å². The summed E-state index contributed by atoms with van der Waals surface area (Å²) in [7, 11) is 0. The highest BCUT2D eigenvalue weighted by Crippen LogP contribution is 2.41. The van der Waals surface area contributed by atoms with Crippen LogP contribution in [0, 0.1) is 5.92 Å². The van der Waals surface area contributed by atoms with Gasteiger partial charge in [-0.25, -0.2) is 14.8 Å². The molecule has 0 amide bonds. The minimum Gasteiger partial charge on any atom is -0.475 e. The van der Waals surface area contributed by atoms with Crippen molar-refractivity contribution in [3.63, 3.8) is 0 Å². The van der Waals surface area contributed by atoms with Crippen LogP contribution in [0.2, 0.25) is 0 Å². The van der Waals surface area contributed by atoms with Crippen molar-refractivity contribution in [1.29, 1.82) is 0 Å². The van der Waals surface area contributed by atoms with Gasteiger partial charge in [-0.05, 0) is 24.8 Å². The molecule has 168 valence electrons. The van der Waals surface area contributed by atoms with Crippen molar-refractivity contribution in [2.24, 2.45) is 5.92 Å². The smallest absolute Gasteiger partial charge is 0.475 e. The van der Waals surface area contributed by atoms with Crippen LogP contribution < -0.4 is 4.90 Å². The van der Waals surface area contributed by atoms with Gasteiger partial charge in [0.2, 0.25) is 5.95 Å². The van der Waals surface area contributed by atoms with Crippen molar-refractivity contribution < 1.29 is 32.5 Å². The van der Waals surface area contributed by atoms with Crippen molar-refractivity contribution in [2.45, 2.75) is 44.4 Å². The summed E-state index contributed by atoms with van der Waals surface area (Å²) in [6, 6.07) is 0. The molecule has 2 heterocycles. The predicted molar refractivity (Wildman–Crippen MR) is 104 cm³/mol. The molecule has 10 heteroatoms. The number of aliphatic carboxylic acids is 1. The molecule has 30 heavy (non-hydrogen) atoms. The zero-order valence-corrected chi connectivity index (χ0v) is 17.0. The summed E-state index contributed by atoms with van der Waals surface area (Å²) < 4.78 is 43.7. The highest BCUT2D eigenvalue weighted by Gasteiger charge is 2.47. The number of hydrogen-bond acceptors (Lipinski definition) is 6. The predicted octanol–water partition coefficient (Wildman–Crippen LogP) is 3.25.